The van der Waals surface area contributed by atoms with Crippen molar-refractivity contribution in [1.82, 2.24) is 19.6 Å². The molecular weight excluding hydrogens is 1070 g/mol. The number of nitrogens with zero attached hydrogens (tertiary/aromatic N) is 4. The second-order valence-electron chi connectivity index (χ2n) is 30.3. The monoisotopic (exact) mass is 1220 g/mol. The highest BCUT2D eigenvalue weighted by Gasteiger charge is 2.41. The van der Waals surface area contributed by atoms with Gasteiger partial charge in [-0.15, -0.1) is 0 Å². The van der Waals surface area contributed by atoms with Gasteiger partial charge in [-0.3, -0.25) is 24.3 Å². The fourth-order valence-corrected chi connectivity index (χ4v) is 14.8. The molecule has 1 aliphatic rings. The molecule has 0 aromatic rings. The van der Waals surface area contributed by atoms with E-state index in [4.69, 9.17) is 18.3 Å². The summed E-state index contributed by atoms with van der Waals surface area (Å²) in [7, 11) is -4.07. The Morgan fingerprint density at radius 1 is 0.440 bits per heavy atom. The molecule has 0 radical (unpaired) electrons. The zero-order valence-electron chi connectivity index (χ0n) is 59.8. The number of ether oxygens (including phenoxy) is 2. The minimum atomic E-state index is -2.04. The van der Waals surface area contributed by atoms with Gasteiger partial charge in [0.1, 0.15) is 13.2 Å². The molecule has 1 heterocycles. The average molecular weight is 1220 g/mol. The van der Waals surface area contributed by atoms with Gasteiger partial charge in [-0.05, 0) is 114 Å². The van der Waals surface area contributed by atoms with Crippen LogP contribution in [0, 0.1) is 11.8 Å². The first-order valence-corrected chi connectivity index (χ1v) is 42.2. The predicted octanol–water partition coefficient (Wildman–Crippen LogP) is 19.7. The standard InChI is InChI=1S/C72H148N4O6Si2/c1-19-23-27-31-35-39-45-63(5)57-73(58-64(6)46-40-36-32-28-24-20-2)51-43-49-69(77)79-55-53-75-59-66(8)76(60-65(75)7)54-56-80-70(78)50-44-52-74(61-67(47-41-37-33-29-25-21-3)81-83(15,16)71(9,10)11)62-68(48-42-38-34-30-26-22-4)82-84(17,18)72(12,13)14/h63-68H,19-62H2,1-18H3. The van der Waals surface area contributed by atoms with Gasteiger partial charge < -0.3 is 23.2 Å². The molecule has 0 amide bonds. The molecule has 0 bridgehead atoms. The molecule has 0 spiro atoms. The fraction of sp³-hybridized carbons (Fsp3) is 0.972. The highest BCUT2D eigenvalue weighted by Crippen LogP contribution is 2.39. The molecule has 0 aromatic heterocycles. The molecule has 500 valence electrons. The number of piperazine rings is 1. The third-order valence-electron chi connectivity index (χ3n) is 19.7. The lowest BCUT2D eigenvalue weighted by Crippen LogP contribution is -2.57. The lowest BCUT2D eigenvalue weighted by molar-refractivity contribution is -0.146. The Morgan fingerprint density at radius 2 is 0.726 bits per heavy atom. The molecule has 12 heteroatoms. The summed E-state index contributed by atoms with van der Waals surface area (Å²) >= 11 is 0. The van der Waals surface area contributed by atoms with E-state index in [0.29, 0.717) is 50.0 Å². The van der Waals surface area contributed by atoms with Crippen LogP contribution in [0.5, 0.6) is 0 Å². The van der Waals surface area contributed by atoms with E-state index in [1.165, 1.54) is 167 Å². The fourth-order valence-electron chi connectivity index (χ4n) is 12.1. The van der Waals surface area contributed by atoms with Gasteiger partial charge in [0.15, 0.2) is 16.6 Å². The van der Waals surface area contributed by atoms with Crippen LogP contribution < -0.4 is 0 Å². The van der Waals surface area contributed by atoms with E-state index < -0.39 is 16.6 Å². The number of carbonyl (C=O) groups is 2. The van der Waals surface area contributed by atoms with Crippen LogP contribution in [0.25, 0.3) is 0 Å². The van der Waals surface area contributed by atoms with Crippen molar-refractivity contribution in [3.8, 4) is 0 Å². The van der Waals surface area contributed by atoms with E-state index in [1.807, 2.05) is 0 Å². The summed E-state index contributed by atoms with van der Waals surface area (Å²) in [6.45, 7) is 52.4. The van der Waals surface area contributed by atoms with Crippen molar-refractivity contribution in [2.45, 2.75) is 363 Å². The Bertz CT molecular complexity index is 1520. The third kappa shape index (κ3) is 39.3. The van der Waals surface area contributed by atoms with Crippen molar-refractivity contribution in [3.05, 3.63) is 0 Å². The number of carbonyl (C=O) groups excluding carboxylic acids is 2. The molecule has 10 nitrogen and oxygen atoms in total. The Labute approximate surface area is 526 Å². The van der Waals surface area contributed by atoms with E-state index in [1.54, 1.807) is 0 Å². The second kappa shape index (κ2) is 47.1. The van der Waals surface area contributed by atoms with E-state index in [2.05, 4.69) is 143 Å². The minimum absolute atomic E-state index is 0.0595. The number of hydrogen-bond acceptors (Lipinski definition) is 10. The second-order valence-corrected chi connectivity index (χ2v) is 39.8. The molecule has 0 saturated carbocycles. The van der Waals surface area contributed by atoms with Crippen LogP contribution >= 0.6 is 0 Å². The van der Waals surface area contributed by atoms with Gasteiger partial charge in [-0.1, -0.05) is 237 Å². The van der Waals surface area contributed by atoms with Crippen LogP contribution in [-0.2, 0) is 27.9 Å². The zero-order chi connectivity index (χ0) is 62.9. The summed E-state index contributed by atoms with van der Waals surface area (Å²) in [6, 6.07) is 0.639. The lowest BCUT2D eigenvalue weighted by atomic mass is 9.98. The first-order valence-electron chi connectivity index (χ1n) is 36.4. The topological polar surface area (TPSA) is 84.0 Å². The van der Waals surface area contributed by atoms with Gasteiger partial charge in [0.25, 0.3) is 0 Å². The van der Waals surface area contributed by atoms with E-state index in [0.717, 1.165) is 91.1 Å². The maximum Gasteiger partial charge on any atom is 0.305 e. The molecule has 0 N–H and O–H groups in total. The smallest absolute Gasteiger partial charge is 0.305 e. The average Bonchev–Trinajstić information content (AvgIpc) is 3.31. The molecule has 84 heavy (non-hydrogen) atoms. The largest absolute Gasteiger partial charge is 0.464 e. The van der Waals surface area contributed by atoms with Crippen molar-refractivity contribution < 1.29 is 27.9 Å². The highest BCUT2D eigenvalue weighted by molar-refractivity contribution is 6.74. The molecule has 1 rings (SSSR count). The van der Waals surface area contributed by atoms with Gasteiger partial charge in [0.05, 0.1) is 12.2 Å². The third-order valence-corrected chi connectivity index (χ3v) is 28.8. The van der Waals surface area contributed by atoms with Gasteiger partial charge in [-0.25, -0.2) is 0 Å². The normalized spacial score (nSPS) is 17.5. The molecule has 1 saturated heterocycles. The summed E-state index contributed by atoms with van der Waals surface area (Å²) in [6.07, 6.45) is 39.2. The SMILES string of the molecule is CCCCCCCCC(C)CN(CCCC(=O)OCCN1CC(C)N(CCOC(=O)CCCN(CC(CCCCCCCC)O[Si](C)(C)C(C)(C)C)CC(CCCCCCCC)O[Si](C)(C)C(C)(C)C)CC1C)CC(C)CCCCCCCC. The Kier molecular flexibility index (Phi) is 45.5. The number of rotatable bonds is 54. The van der Waals surface area contributed by atoms with Crippen molar-refractivity contribution in [2.24, 2.45) is 11.8 Å². The summed E-state index contributed by atoms with van der Waals surface area (Å²) in [4.78, 5) is 36.9. The lowest BCUT2D eigenvalue weighted by Gasteiger charge is -2.44. The van der Waals surface area contributed by atoms with Crippen LogP contribution in [0.1, 0.15) is 302 Å². The first kappa shape index (κ1) is 81.1. The molecule has 6 unspecified atom stereocenters. The quantitative estimate of drug-likeness (QED) is 0.0334. The summed E-state index contributed by atoms with van der Waals surface area (Å²) in [5.74, 6) is 1.22. The minimum Gasteiger partial charge on any atom is -0.464 e. The van der Waals surface area contributed by atoms with Gasteiger partial charge in [0, 0.05) is 77.3 Å². The van der Waals surface area contributed by atoms with Crippen molar-refractivity contribution in [2.75, 3.05) is 78.7 Å². The maximum atomic E-state index is 13.5. The molecule has 6 atom stereocenters. The predicted molar refractivity (Wildman–Crippen MR) is 370 cm³/mol. The molecular formula is C72H148N4O6Si2. The number of unbranched alkanes of at least 4 members (excludes halogenated alkanes) is 20. The maximum absolute atomic E-state index is 13.5. The van der Waals surface area contributed by atoms with Crippen LogP contribution in [0.3, 0.4) is 0 Å². The van der Waals surface area contributed by atoms with E-state index in [-0.39, 0.29) is 34.2 Å². The van der Waals surface area contributed by atoms with Crippen molar-refractivity contribution in [1.29, 1.82) is 0 Å². The Hall–Kier alpha value is -0.866. The molecule has 1 fully saturated rings. The summed E-state index contributed by atoms with van der Waals surface area (Å²) < 4.78 is 26.6. The number of hydrogen-bond donors (Lipinski definition) is 0. The first-order chi connectivity index (χ1) is 39.8. The van der Waals surface area contributed by atoms with E-state index >= 15 is 0 Å². The van der Waals surface area contributed by atoms with Crippen LogP contribution in [0.15, 0.2) is 0 Å². The molecule has 0 aromatic carbocycles. The number of esters is 2. The Morgan fingerprint density at radius 3 is 1.04 bits per heavy atom. The Balaban J connectivity index is 2.88. The molecule has 0 aliphatic carbocycles. The van der Waals surface area contributed by atoms with Gasteiger partial charge in [-0.2, -0.15) is 0 Å². The van der Waals surface area contributed by atoms with Crippen LogP contribution in [0.4, 0.5) is 0 Å². The van der Waals surface area contributed by atoms with Crippen molar-refractivity contribution >= 4 is 28.6 Å². The van der Waals surface area contributed by atoms with E-state index in [9.17, 15) is 9.59 Å². The zero-order valence-corrected chi connectivity index (χ0v) is 61.8. The van der Waals surface area contributed by atoms with Crippen LogP contribution in [-0.4, -0.2) is 151 Å². The summed E-state index contributed by atoms with van der Waals surface area (Å²) in [5, 5.41) is 0.263. The molecule has 1 aliphatic heterocycles. The van der Waals surface area contributed by atoms with Crippen LogP contribution in [0.2, 0.25) is 36.3 Å². The van der Waals surface area contributed by atoms with Gasteiger partial charge >= 0.3 is 11.9 Å². The van der Waals surface area contributed by atoms with Gasteiger partial charge in [0.2, 0.25) is 0 Å². The highest BCUT2D eigenvalue weighted by atomic mass is 28.4. The van der Waals surface area contributed by atoms with Crippen molar-refractivity contribution in [3.63, 3.8) is 0 Å². The summed E-state index contributed by atoms with van der Waals surface area (Å²) in [5.41, 5.74) is 0.